The lowest BCUT2D eigenvalue weighted by Gasteiger charge is -2.36. The molecular formula is C11H19N3O. The highest BCUT2D eigenvalue weighted by molar-refractivity contribution is 4.93. The minimum Gasteiger partial charge on any atom is -0.372 e. The van der Waals surface area contributed by atoms with Crippen LogP contribution in [-0.2, 0) is 4.74 Å². The van der Waals surface area contributed by atoms with Crippen molar-refractivity contribution in [2.75, 3.05) is 6.54 Å². The van der Waals surface area contributed by atoms with Crippen molar-refractivity contribution in [1.29, 1.82) is 0 Å². The first-order valence-corrected chi connectivity index (χ1v) is 5.93. The summed E-state index contributed by atoms with van der Waals surface area (Å²) in [6.07, 6.45) is 7.41. The van der Waals surface area contributed by atoms with Gasteiger partial charge in [-0.1, -0.05) is 24.9 Å². The lowest BCUT2D eigenvalue weighted by Crippen LogP contribution is -2.35. The number of hydrogen-bond acceptors (Lipinski definition) is 2. The van der Waals surface area contributed by atoms with Gasteiger partial charge >= 0.3 is 0 Å². The minimum absolute atomic E-state index is 0.132. The van der Waals surface area contributed by atoms with E-state index in [0.29, 0.717) is 6.54 Å². The Morgan fingerprint density at radius 1 is 1.47 bits per heavy atom. The second-order valence-electron chi connectivity index (χ2n) is 5.08. The van der Waals surface area contributed by atoms with E-state index in [4.69, 9.17) is 10.3 Å². The van der Waals surface area contributed by atoms with Gasteiger partial charge in [-0.05, 0) is 37.1 Å². The molecule has 0 unspecified atom stereocenters. The Labute approximate surface area is 90.6 Å². The molecule has 0 bridgehead atoms. The summed E-state index contributed by atoms with van der Waals surface area (Å²) in [7, 11) is 0. The fraction of sp³-hybridized carbons (Fsp3) is 1.00. The van der Waals surface area contributed by atoms with Gasteiger partial charge in [0.2, 0.25) is 0 Å². The van der Waals surface area contributed by atoms with Crippen molar-refractivity contribution in [1.82, 2.24) is 0 Å². The molecule has 2 aliphatic rings. The first-order valence-electron chi connectivity index (χ1n) is 5.93. The zero-order valence-corrected chi connectivity index (χ0v) is 9.35. The third kappa shape index (κ3) is 2.44. The highest BCUT2D eigenvalue weighted by Gasteiger charge is 2.42. The second-order valence-corrected chi connectivity index (χ2v) is 5.08. The Balaban J connectivity index is 1.92. The lowest BCUT2D eigenvalue weighted by atomic mass is 9.77. The van der Waals surface area contributed by atoms with Crippen molar-refractivity contribution in [3.05, 3.63) is 10.4 Å². The fourth-order valence-corrected chi connectivity index (χ4v) is 3.10. The van der Waals surface area contributed by atoms with Gasteiger partial charge in [-0.2, -0.15) is 0 Å². The van der Waals surface area contributed by atoms with Gasteiger partial charge in [-0.25, -0.2) is 0 Å². The molecule has 1 saturated carbocycles. The number of ether oxygens (including phenoxy) is 1. The van der Waals surface area contributed by atoms with Crippen LogP contribution in [0, 0.1) is 5.92 Å². The first-order chi connectivity index (χ1) is 7.24. The Bertz CT molecular complexity index is 275. The molecule has 1 saturated heterocycles. The number of nitrogens with zero attached hydrogens (tertiary/aromatic N) is 3. The summed E-state index contributed by atoms with van der Waals surface area (Å²) in [5.41, 5.74) is 8.41. The second kappa shape index (κ2) is 4.42. The predicted molar refractivity (Wildman–Crippen MR) is 58.5 cm³/mol. The largest absolute Gasteiger partial charge is 0.372 e. The van der Waals surface area contributed by atoms with Crippen LogP contribution in [0.15, 0.2) is 5.11 Å². The maximum atomic E-state index is 8.27. The number of azide groups is 1. The van der Waals surface area contributed by atoms with Crippen LogP contribution in [0.3, 0.4) is 0 Å². The summed E-state index contributed by atoms with van der Waals surface area (Å²) in [5.74, 6) is 0.789. The lowest BCUT2D eigenvalue weighted by molar-refractivity contribution is -0.0706. The third-order valence-electron chi connectivity index (χ3n) is 3.74. The Kier molecular flexibility index (Phi) is 3.17. The van der Waals surface area contributed by atoms with Crippen LogP contribution >= 0.6 is 0 Å². The summed E-state index contributed by atoms with van der Waals surface area (Å²) in [4.78, 5) is 2.79. The van der Waals surface area contributed by atoms with Gasteiger partial charge in [0.1, 0.15) is 0 Å². The van der Waals surface area contributed by atoms with E-state index in [-0.39, 0.29) is 11.7 Å². The van der Waals surface area contributed by atoms with Crippen LogP contribution in [-0.4, -0.2) is 18.2 Å². The van der Waals surface area contributed by atoms with Crippen molar-refractivity contribution in [2.24, 2.45) is 11.0 Å². The van der Waals surface area contributed by atoms with E-state index in [1.165, 1.54) is 25.7 Å². The highest BCUT2D eigenvalue weighted by Crippen LogP contribution is 2.43. The molecule has 0 aromatic heterocycles. The molecule has 4 heteroatoms. The maximum Gasteiger partial charge on any atom is 0.0689 e. The molecule has 15 heavy (non-hydrogen) atoms. The predicted octanol–water partition coefficient (Wildman–Crippen LogP) is 3.42. The molecule has 0 aromatic carbocycles. The molecule has 0 radical (unpaired) electrons. The Hall–Kier alpha value is -0.730. The van der Waals surface area contributed by atoms with Crippen LogP contribution in [0.4, 0.5) is 0 Å². The zero-order chi connectivity index (χ0) is 10.7. The van der Waals surface area contributed by atoms with E-state index in [9.17, 15) is 0 Å². The van der Waals surface area contributed by atoms with Gasteiger partial charge in [0.05, 0.1) is 18.2 Å². The zero-order valence-electron chi connectivity index (χ0n) is 9.35. The molecule has 0 N–H and O–H groups in total. The smallest absolute Gasteiger partial charge is 0.0689 e. The molecule has 1 aliphatic heterocycles. The fourth-order valence-electron chi connectivity index (χ4n) is 3.10. The van der Waals surface area contributed by atoms with Crippen molar-refractivity contribution >= 4 is 0 Å². The summed E-state index contributed by atoms with van der Waals surface area (Å²) in [5, 5.41) is 3.61. The Morgan fingerprint density at radius 3 is 3.07 bits per heavy atom. The summed E-state index contributed by atoms with van der Waals surface area (Å²) in [6, 6.07) is 0. The summed E-state index contributed by atoms with van der Waals surface area (Å²) >= 11 is 0. The highest BCUT2D eigenvalue weighted by atomic mass is 16.5. The maximum absolute atomic E-state index is 8.27. The molecular weight excluding hydrogens is 190 g/mol. The van der Waals surface area contributed by atoms with Crippen molar-refractivity contribution < 1.29 is 4.74 Å². The molecule has 84 valence electrons. The van der Waals surface area contributed by atoms with Crippen LogP contribution in [0.25, 0.3) is 10.4 Å². The van der Waals surface area contributed by atoms with Crippen molar-refractivity contribution in [3.63, 3.8) is 0 Å². The molecule has 4 nitrogen and oxygen atoms in total. The van der Waals surface area contributed by atoms with Gasteiger partial charge < -0.3 is 4.74 Å². The van der Waals surface area contributed by atoms with E-state index in [0.717, 1.165) is 18.8 Å². The molecule has 0 amide bonds. The van der Waals surface area contributed by atoms with Gasteiger partial charge in [0, 0.05) is 4.91 Å². The average molecular weight is 209 g/mol. The van der Waals surface area contributed by atoms with Gasteiger partial charge in [-0.3, -0.25) is 0 Å². The normalized spacial score (nSPS) is 40.3. The molecule has 1 heterocycles. The average Bonchev–Trinajstić information content (AvgIpc) is 2.58. The Morgan fingerprint density at radius 2 is 2.33 bits per heavy atom. The van der Waals surface area contributed by atoms with E-state index in [2.05, 4.69) is 16.9 Å². The third-order valence-corrected chi connectivity index (χ3v) is 3.74. The van der Waals surface area contributed by atoms with Gasteiger partial charge in [0.25, 0.3) is 0 Å². The first kappa shape index (κ1) is 10.8. The van der Waals surface area contributed by atoms with E-state index in [1.807, 2.05) is 0 Å². The molecule has 1 aliphatic carbocycles. The quantitative estimate of drug-likeness (QED) is 0.390. The van der Waals surface area contributed by atoms with Crippen LogP contribution in [0.5, 0.6) is 0 Å². The number of hydrogen-bond donors (Lipinski definition) is 0. The molecule has 3 atom stereocenters. The van der Waals surface area contributed by atoms with E-state index >= 15 is 0 Å². The van der Waals surface area contributed by atoms with Crippen molar-refractivity contribution in [3.8, 4) is 0 Å². The molecule has 2 fully saturated rings. The van der Waals surface area contributed by atoms with E-state index < -0.39 is 0 Å². The van der Waals surface area contributed by atoms with Crippen LogP contribution in [0.2, 0.25) is 0 Å². The molecule has 1 spiro atoms. The molecule has 0 aromatic rings. The van der Waals surface area contributed by atoms with Gasteiger partial charge in [0.15, 0.2) is 0 Å². The van der Waals surface area contributed by atoms with Crippen LogP contribution < -0.4 is 0 Å². The van der Waals surface area contributed by atoms with Crippen molar-refractivity contribution in [2.45, 2.75) is 57.2 Å². The monoisotopic (exact) mass is 209 g/mol. The standard InChI is InChI=1S/C11H19N3O/c1-9-3-2-5-11(7-9)6-4-10(15-11)8-13-14-12/h9-10H,2-8H2,1H3/t9-,10-,11-/m1/s1. The van der Waals surface area contributed by atoms with Crippen LogP contribution in [0.1, 0.15) is 45.4 Å². The summed E-state index contributed by atoms with van der Waals surface area (Å²) in [6.45, 7) is 2.82. The van der Waals surface area contributed by atoms with E-state index in [1.54, 1.807) is 0 Å². The van der Waals surface area contributed by atoms with Gasteiger partial charge in [-0.15, -0.1) is 0 Å². The SMILES string of the molecule is C[C@@H]1CCC[C@@]2(CC[C@H](CN=[N+]=[N-])O2)C1. The topological polar surface area (TPSA) is 58.0 Å². The summed E-state index contributed by atoms with van der Waals surface area (Å²) < 4.78 is 6.10. The minimum atomic E-state index is 0.132. The molecule has 2 rings (SSSR count). The number of rotatable bonds is 2.